The lowest BCUT2D eigenvalue weighted by atomic mass is 9.84. The highest BCUT2D eigenvalue weighted by Gasteiger charge is 2.52. The van der Waals surface area contributed by atoms with Crippen LogP contribution in [0.3, 0.4) is 0 Å². The Kier molecular flexibility index (Phi) is 3.80. The lowest BCUT2D eigenvalue weighted by Gasteiger charge is -2.29. The summed E-state index contributed by atoms with van der Waals surface area (Å²) in [5, 5.41) is 9.88. The van der Waals surface area contributed by atoms with E-state index < -0.39 is 0 Å². The number of hydrogen-bond donors (Lipinski definition) is 2. The van der Waals surface area contributed by atoms with Gasteiger partial charge in [0.05, 0.1) is 13.0 Å². The van der Waals surface area contributed by atoms with Gasteiger partial charge in [-0.1, -0.05) is 0 Å². The number of esters is 1. The molecule has 120 valence electrons. The Hall–Kier alpha value is -2.05. The van der Waals surface area contributed by atoms with Crippen LogP contribution in [0.4, 0.5) is 10.6 Å². The Bertz CT molecular complexity index is 578. The Morgan fingerprint density at radius 1 is 1.36 bits per heavy atom. The molecule has 2 N–H and O–H groups in total. The molecule has 2 aliphatic rings. The average Bonchev–Trinajstić information content (AvgIpc) is 3.14. The zero-order valence-corrected chi connectivity index (χ0v) is 13.1. The number of anilines is 1. The predicted molar refractivity (Wildman–Crippen MR) is 80.2 cm³/mol. The zero-order chi connectivity index (χ0) is 15.9. The van der Waals surface area contributed by atoms with Crippen molar-refractivity contribution in [2.45, 2.75) is 32.2 Å². The molecular formula is C15H22N4O3. The normalized spacial score (nSPS) is 29.4. The molecule has 1 aromatic heterocycles. The molecule has 7 nitrogen and oxygen atoms in total. The van der Waals surface area contributed by atoms with Crippen LogP contribution in [0.5, 0.6) is 0 Å². The Balaban J connectivity index is 1.66. The van der Waals surface area contributed by atoms with E-state index in [2.05, 4.69) is 15.7 Å². The molecule has 0 radical (unpaired) electrons. The molecule has 1 heterocycles. The molecule has 2 aliphatic carbocycles. The molecule has 0 saturated heterocycles. The third-order valence-electron chi connectivity index (χ3n) is 5.04. The summed E-state index contributed by atoms with van der Waals surface area (Å²) in [6, 6.07) is 1.35. The van der Waals surface area contributed by atoms with Crippen LogP contribution in [-0.4, -0.2) is 34.9 Å². The van der Waals surface area contributed by atoms with Gasteiger partial charge >= 0.3 is 12.0 Å². The lowest BCUT2D eigenvalue weighted by molar-refractivity contribution is -0.148. The fourth-order valence-corrected chi connectivity index (χ4v) is 3.90. The minimum absolute atomic E-state index is 0.143. The van der Waals surface area contributed by atoms with Crippen molar-refractivity contribution >= 4 is 17.8 Å². The molecule has 2 fully saturated rings. The number of fused-ring (bicyclic) bond motifs is 2. The van der Waals surface area contributed by atoms with E-state index in [1.54, 1.807) is 10.7 Å². The van der Waals surface area contributed by atoms with Crippen molar-refractivity contribution in [2.75, 3.05) is 12.4 Å². The summed E-state index contributed by atoms with van der Waals surface area (Å²) >= 11 is 0. The number of aryl methyl sites for hydroxylation is 2. The molecule has 0 unspecified atom stereocenters. The molecular weight excluding hydrogens is 284 g/mol. The van der Waals surface area contributed by atoms with Crippen molar-refractivity contribution in [3.8, 4) is 0 Å². The molecule has 0 aromatic carbocycles. The van der Waals surface area contributed by atoms with Gasteiger partial charge in [-0.3, -0.25) is 14.8 Å². The van der Waals surface area contributed by atoms with E-state index in [0.717, 1.165) is 25.0 Å². The first-order valence-corrected chi connectivity index (χ1v) is 7.65. The standard InChI is InChI=1S/C15H22N4O3/c1-8-6-11(18-19(8)2)16-15(21)17-13-10-5-4-9(7-10)12(13)14(20)22-3/h6,9-10,12-13H,4-5,7H2,1-3H3,(H2,16,17,18,21)/t9-,10-,12+,13+/m0/s1. The molecule has 1 aromatic rings. The summed E-state index contributed by atoms with van der Waals surface area (Å²) in [5.74, 6) is 0.770. The van der Waals surface area contributed by atoms with Crippen LogP contribution in [0.1, 0.15) is 25.0 Å². The van der Waals surface area contributed by atoms with Gasteiger partial charge in [0.1, 0.15) is 0 Å². The number of nitrogens with zero attached hydrogens (tertiary/aromatic N) is 2. The van der Waals surface area contributed by atoms with Gasteiger partial charge in [0.25, 0.3) is 0 Å². The number of aromatic nitrogens is 2. The smallest absolute Gasteiger partial charge is 0.320 e. The SMILES string of the molecule is COC(=O)[C@@H]1[C@H]2CC[C@@H](C2)[C@H]1NC(=O)Nc1cc(C)n(C)n1. The number of amides is 2. The van der Waals surface area contributed by atoms with E-state index >= 15 is 0 Å². The van der Waals surface area contributed by atoms with Crippen molar-refractivity contribution < 1.29 is 14.3 Å². The Labute approximate surface area is 129 Å². The molecule has 3 rings (SSSR count). The molecule has 2 bridgehead atoms. The zero-order valence-electron chi connectivity index (χ0n) is 13.1. The van der Waals surface area contributed by atoms with E-state index in [1.807, 2.05) is 14.0 Å². The Morgan fingerprint density at radius 2 is 2.09 bits per heavy atom. The van der Waals surface area contributed by atoms with E-state index in [-0.39, 0.29) is 24.0 Å². The monoisotopic (exact) mass is 306 g/mol. The maximum Gasteiger partial charge on any atom is 0.320 e. The number of methoxy groups -OCH3 is 1. The number of ether oxygens (including phenoxy) is 1. The van der Waals surface area contributed by atoms with Crippen LogP contribution in [0.25, 0.3) is 0 Å². The Morgan fingerprint density at radius 3 is 2.73 bits per heavy atom. The first-order chi connectivity index (χ1) is 10.5. The maximum absolute atomic E-state index is 12.2. The number of urea groups is 1. The van der Waals surface area contributed by atoms with Gasteiger partial charge in [0.2, 0.25) is 0 Å². The lowest BCUT2D eigenvalue weighted by Crippen LogP contribution is -2.48. The van der Waals surface area contributed by atoms with Crippen LogP contribution in [0.2, 0.25) is 0 Å². The highest BCUT2D eigenvalue weighted by molar-refractivity contribution is 5.89. The van der Waals surface area contributed by atoms with E-state index in [9.17, 15) is 9.59 Å². The van der Waals surface area contributed by atoms with Crippen molar-refractivity contribution in [1.82, 2.24) is 15.1 Å². The first-order valence-electron chi connectivity index (χ1n) is 7.65. The molecule has 4 atom stereocenters. The fraction of sp³-hybridized carbons (Fsp3) is 0.667. The topological polar surface area (TPSA) is 85.2 Å². The molecule has 0 aliphatic heterocycles. The van der Waals surface area contributed by atoms with Crippen molar-refractivity contribution in [1.29, 1.82) is 0 Å². The summed E-state index contributed by atoms with van der Waals surface area (Å²) in [7, 11) is 3.23. The number of carbonyl (C=O) groups is 2. The second kappa shape index (κ2) is 5.62. The molecule has 0 spiro atoms. The summed E-state index contributed by atoms with van der Waals surface area (Å²) in [6.45, 7) is 1.92. The highest BCUT2D eigenvalue weighted by atomic mass is 16.5. The van der Waals surface area contributed by atoms with Gasteiger partial charge in [0, 0.05) is 24.8 Å². The van der Waals surface area contributed by atoms with Crippen LogP contribution in [0.15, 0.2) is 6.07 Å². The number of rotatable bonds is 3. The molecule has 22 heavy (non-hydrogen) atoms. The van der Waals surface area contributed by atoms with Crippen LogP contribution >= 0.6 is 0 Å². The number of carbonyl (C=O) groups excluding carboxylic acids is 2. The second-order valence-corrected chi connectivity index (χ2v) is 6.30. The third kappa shape index (κ3) is 2.55. The molecule has 2 saturated carbocycles. The summed E-state index contributed by atoms with van der Waals surface area (Å²) in [4.78, 5) is 24.2. The number of nitrogens with one attached hydrogen (secondary N) is 2. The van der Waals surface area contributed by atoms with E-state index in [4.69, 9.17) is 4.74 Å². The van der Waals surface area contributed by atoms with Crippen molar-refractivity contribution in [3.05, 3.63) is 11.8 Å². The van der Waals surface area contributed by atoms with Crippen molar-refractivity contribution in [2.24, 2.45) is 24.8 Å². The van der Waals surface area contributed by atoms with Crippen LogP contribution < -0.4 is 10.6 Å². The van der Waals surface area contributed by atoms with E-state index in [1.165, 1.54) is 7.11 Å². The van der Waals surface area contributed by atoms with Gasteiger partial charge in [-0.25, -0.2) is 4.79 Å². The quantitative estimate of drug-likeness (QED) is 0.827. The second-order valence-electron chi connectivity index (χ2n) is 6.30. The first kappa shape index (κ1) is 14.9. The minimum Gasteiger partial charge on any atom is -0.469 e. The van der Waals surface area contributed by atoms with Crippen molar-refractivity contribution in [3.63, 3.8) is 0 Å². The summed E-state index contributed by atoms with van der Waals surface area (Å²) in [5.41, 5.74) is 0.961. The molecule has 2 amide bonds. The number of hydrogen-bond acceptors (Lipinski definition) is 4. The van der Waals surface area contributed by atoms with Crippen LogP contribution in [-0.2, 0) is 16.6 Å². The van der Waals surface area contributed by atoms with Gasteiger partial charge in [-0.05, 0) is 38.0 Å². The summed E-state index contributed by atoms with van der Waals surface area (Å²) < 4.78 is 6.61. The van der Waals surface area contributed by atoms with Gasteiger partial charge in [-0.15, -0.1) is 0 Å². The average molecular weight is 306 g/mol. The van der Waals surface area contributed by atoms with Crippen LogP contribution in [0, 0.1) is 24.7 Å². The van der Waals surface area contributed by atoms with Gasteiger partial charge in [0.15, 0.2) is 5.82 Å². The fourth-order valence-electron chi connectivity index (χ4n) is 3.90. The summed E-state index contributed by atoms with van der Waals surface area (Å²) in [6.07, 6.45) is 3.10. The predicted octanol–water partition coefficient (Wildman–Crippen LogP) is 1.44. The highest BCUT2D eigenvalue weighted by Crippen LogP contribution is 2.48. The molecule has 7 heteroatoms. The third-order valence-corrected chi connectivity index (χ3v) is 5.04. The largest absolute Gasteiger partial charge is 0.469 e. The maximum atomic E-state index is 12.2. The van der Waals surface area contributed by atoms with E-state index in [0.29, 0.717) is 17.7 Å². The van der Waals surface area contributed by atoms with Gasteiger partial charge < -0.3 is 10.1 Å². The minimum atomic E-state index is -0.315. The van der Waals surface area contributed by atoms with Gasteiger partial charge in [-0.2, -0.15) is 5.10 Å².